The van der Waals surface area contributed by atoms with E-state index < -0.39 is 16.3 Å². The molecule has 0 aliphatic heterocycles. The lowest BCUT2D eigenvalue weighted by Gasteiger charge is -2.21. The monoisotopic (exact) mass is 412 g/mol. The number of aryl methyl sites for hydroxylation is 1. The van der Waals surface area contributed by atoms with Gasteiger partial charge in [0.05, 0.1) is 11.0 Å². The highest BCUT2D eigenvalue weighted by Crippen LogP contribution is 2.26. The highest BCUT2D eigenvalue weighted by atomic mass is 32.1. The van der Waals surface area contributed by atoms with Crippen LogP contribution in [-0.4, -0.2) is 20.6 Å². The molecule has 3 rings (SSSR count). The first-order valence-corrected chi connectivity index (χ1v) is 9.86. The summed E-state index contributed by atoms with van der Waals surface area (Å²) in [5.41, 5.74) is -0.446. The second kappa shape index (κ2) is 8.36. The zero-order valence-electron chi connectivity index (χ0n) is 16.2. The molecule has 0 fully saturated rings. The zero-order chi connectivity index (χ0) is 21.1. The molecule has 0 spiro atoms. The van der Waals surface area contributed by atoms with Crippen LogP contribution in [0.5, 0.6) is 0 Å². The number of carbonyl (C=O) groups is 1. The molecule has 2 aromatic heterocycles. The fourth-order valence-corrected chi connectivity index (χ4v) is 3.94. The van der Waals surface area contributed by atoms with Crippen LogP contribution in [0.3, 0.4) is 0 Å². The number of rotatable bonds is 6. The number of nitro benzene ring substituents is 1. The van der Waals surface area contributed by atoms with Crippen LogP contribution >= 0.6 is 11.3 Å². The third kappa shape index (κ3) is 4.24. The Balaban J connectivity index is 2.03. The minimum atomic E-state index is -0.616. The van der Waals surface area contributed by atoms with Crippen LogP contribution in [0.15, 0.2) is 52.6 Å². The van der Waals surface area contributed by atoms with E-state index in [2.05, 4.69) is 10.4 Å². The van der Waals surface area contributed by atoms with Gasteiger partial charge in [-0.3, -0.25) is 19.7 Å². The predicted octanol–water partition coefficient (Wildman–Crippen LogP) is 3.64. The molecule has 0 bridgehead atoms. The van der Waals surface area contributed by atoms with Gasteiger partial charge in [-0.25, -0.2) is 4.68 Å². The Kier molecular flexibility index (Phi) is 5.88. The van der Waals surface area contributed by atoms with Gasteiger partial charge in [-0.1, -0.05) is 32.0 Å². The highest BCUT2D eigenvalue weighted by Gasteiger charge is 2.24. The lowest BCUT2D eigenvalue weighted by molar-refractivity contribution is -0.384. The average molecular weight is 412 g/mol. The van der Waals surface area contributed by atoms with Crippen molar-refractivity contribution in [3.8, 4) is 5.69 Å². The number of nitro groups is 1. The summed E-state index contributed by atoms with van der Waals surface area (Å²) in [5.74, 6) is -0.519. The van der Waals surface area contributed by atoms with Gasteiger partial charge in [0, 0.05) is 22.7 Å². The van der Waals surface area contributed by atoms with Gasteiger partial charge < -0.3 is 5.32 Å². The summed E-state index contributed by atoms with van der Waals surface area (Å²) in [7, 11) is 0. The fraction of sp³-hybridized carbons (Fsp3) is 0.250. The van der Waals surface area contributed by atoms with Crippen LogP contribution in [0.25, 0.3) is 5.69 Å². The molecular weight excluding hydrogens is 392 g/mol. The Hall–Kier alpha value is -3.33. The zero-order valence-corrected chi connectivity index (χ0v) is 17.0. The van der Waals surface area contributed by atoms with Gasteiger partial charge >= 0.3 is 0 Å². The largest absolute Gasteiger partial charge is 0.343 e. The molecule has 0 aliphatic rings. The Morgan fingerprint density at radius 2 is 1.97 bits per heavy atom. The fourth-order valence-electron chi connectivity index (χ4n) is 2.99. The molecular formula is C20H20N4O4S. The van der Waals surface area contributed by atoms with E-state index in [1.165, 1.54) is 34.2 Å². The van der Waals surface area contributed by atoms with E-state index in [1.807, 2.05) is 31.4 Å². The summed E-state index contributed by atoms with van der Waals surface area (Å²) < 4.78 is 1.25. The van der Waals surface area contributed by atoms with Gasteiger partial charge in [0.1, 0.15) is 5.69 Å². The molecule has 150 valence electrons. The quantitative estimate of drug-likeness (QED) is 0.491. The van der Waals surface area contributed by atoms with Gasteiger partial charge in [0.15, 0.2) is 5.69 Å². The molecule has 0 aliphatic carbocycles. The lowest BCUT2D eigenvalue weighted by atomic mass is 10.0. The van der Waals surface area contributed by atoms with Crippen LogP contribution in [0.1, 0.15) is 40.9 Å². The van der Waals surface area contributed by atoms with Crippen molar-refractivity contribution in [3.63, 3.8) is 0 Å². The third-order valence-corrected chi connectivity index (χ3v) is 5.39. The Labute approximate surface area is 171 Å². The Morgan fingerprint density at radius 3 is 2.59 bits per heavy atom. The third-order valence-electron chi connectivity index (χ3n) is 4.43. The van der Waals surface area contributed by atoms with Gasteiger partial charge in [0.2, 0.25) is 5.43 Å². The number of hydrogen-bond acceptors (Lipinski definition) is 6. The minimum Gasteiger partial charge on any atom is -0.343 e. The highest BCUT2D eigenvalue weighted by molar-refractivity contribution is 7.10. The normalized spacial score (nSPS) is 12.0. The molecule has 0 radical (unpaired) electrons. The van der Waals surface area contributed by atoms with Crippen molar-refractivity contribution in [2.24, 2.45) is 5.92 Å². The minimum absolute atomic E-state index is 0.0977. The molecule has 8 nitrogen and oxygen atoms in total. The van der Waals surface area contributed by atoms with Crippen molar-refractivity contribution in [2.75, 3.05) is 0 Å². The maximum absolute atomic E-state index is 12.9. The molecule has 9 heteroatoms. The van der Waals surface area contributed by atoms with Crippen molar-refractivity contribution in [1.29, 1.82) is 0 Å². The van der Waals surface area contributed by atoms with Gasteiger partial charge in [0.25, 0.3) is 11.6 Å². The summed E-state index contributed by atoms with van der Waals surface area (Å²) in [6, 6.07) is 10.8. The topological polar surface area (TPSA) is 107 Å². The second-order valence-corrected chi connectivity index (χ2v) is 7.85. The lowest BCUT2D eigenvalue weighted by Crippen LogP contribution is -2.36. The van der Waals surface area contributed by atoms with Gasteiger partial charge in [-0.05, 0) is 30.4 Å². The molecule has 1 amide bonds. The summed E-state index contributed by atoms with van der Waals surface area (Å²) >= 11 is 1.51. The molecule has 1 aromatic carbocycles. The summed E-state index contributed by atoms with van der Waals surface area (Å²) in [6.45, 7) is 5.55. The van der Waals surface area contributed by atoms with Gasteiger partial charge in [-0.2, -0.15) is 5.10 Å². The van der Waals surface area contributed by atoms with Crippen molar-refractivity contribution < 1.29 is 9.72 Å². The SMILES string of the molecule is Cc1cc(=O)c(C(=O)N[C@H](c2cccs2)C(C)C)nn1-c1ccccc1[N+](=O)[O-]. The number of carbonyl (C=O) groups excluding carboxylic acids is 1. The van der Waals surface area contributed by atoms with Crippen molar-refractivity contribution in [3.05, 3.63) is 84.4 Å². The van der Waals surface area contributed by atoms with Crippen LogP contribution in [0, 0.1) is 23.0 Å². The Bertz CT molecular complexity index is 1110. The van der Waals surface area contributed by atoms with Crippen molar-refractivity contribution in [1.82, 2.24) is 15.1 Å². The number of benzene rings is 1. The van der Waals surface area contributed by atoms with E-state index in [0.717, 1.165) is 4.88 Å². The van der Waals surface area contributed by atoms with E-state index in [4.69, 9.17) is 0 Å². The number of para-hydroxylation sites is 2. The van der Waals surface area contributed by atoms with Crippen LogP contribution < -0.4 is 10.7 Å². The molecule has 0 saturated carbocycles. The molecule has 1 N–H and O–H groups in total. The summed E-state index contributed by atoms with van der Waals surface area (Å²) in [4.78, 5) is 37.1. The van der Waals surface area contributed by atoms with E-state index in [-0.39, 0.29) is 29.0 Å². The molecule has 0 saturated heterocycles. The van der Waals surface area contributed by atoms with E-state index in [0.29, 0.717) is 5.69 Å². The first-order chi connectivity index (χ1) is 13.8. The van der Waals surface area contributed by atoms with E-state index in [1.54, 1.807) is 19.1 Å². The van der Waals surface area contributed by atoms with Crippen LogP contribution in [0.4, 0.5) is 5.69 Å². The number of hydrogen-bond donors (Lipinski definition) is 1. The van der Waals surface area contributed by atoms with E-state index in [9.17, 15) is 19.7 Å². The Morgan fingerprint density at radius 1 is 1.24 bits per heavy atom. The first-order valence-electron chi connectivity index (χ1n) is 8.98. The number of nitrogens with zero attached hydrogens (tertiary/aromatic N) is 3. The molecule has 3 aromatic rings. The van der Waals surface area contributed by atoms with E-state index >= 15 is 0 Å². The summed E-state index contributed by atoms with van der Waals surface area (Å²) in [6.07, 6.45) is 0. The number of aromatic nitrogens is 2. The maximum Gasteiger partial charge on any atom is 0.294 e. The number of thiophene rings is 1. The van der Waals surface area contributed by atoms with Crippen molar-refractivity contribution in [2.45, 2.75) is 26.8 Å². The number of amides is 1. The number of nitrogens with one attached hydrogen (secondary N) is 1. The maximum atomic E-state index is 12.9. The van der Waals surface area contributed by atoms with Crippen molar-refractivity contribution >= 4 is 22.9 Å². The first kappa shape index (κ1) is 20.4. The predicted molar refractivity (Wildman–Crippen MR) is 111 cm³/mol. The smallest absolute Gasteiger partial charge is 0.294 e. The average Bonchev–Trinajstić information content (AvgIpc) is 3.20. The second-order valence-electron chi connectivity index (χ2n) is 6.87. The molecule has 1 atom stereocenters. The van der Waals surface area contributed by atoms with Crippen LogP contribution in [-0.2, 0) is 0 Å². The molecule has 29 heavy (non-hydrogen) atoms. The summed E-state index contributed by atoms with van der Waals surface area (Å²) in [5, 5.41) is 20.3. The standard InChI is InChI=1S/C20H20N4O4S/c1-12(2)18(17-9-6-10-29-17)21-20(26)19-16(25)11-13(3)23(22-19)14-7-4-5-8-15(14)24(27)28/h4-12,18H,1-3H3,(H,21,26)/t18-/m0/s1. The van der Waals surface area contributed by atoms with Crippen LogP contribution in [0.2, 0.25) is 0 Å². The molecule has 2 heterocycles. The van der Waals surface area contributed by atoms with Gasteiger partial charge in [-0.15, -0.1) is 11.3 Å². The molecule has 0 unspecified atom stereocenters.